The van der Waals surface area contributed by atoms with Crippen LogP contribution in [-0.4, -0.2) is 17.9 Å². The number of rotatable bonds is 4. The maximum atomic E-state index is 12.1. The van der Waals surface area contributed by atoms with Crippen molar-refractivity contribution < 1.29 is 9.59 Å². The molecular weight excluding hydrogens is 276 g/mol. The molecule has 1 rings (SSSR count). The van der Waals surface area contributed by atoms with Crippen molar-refractivity contribution in [1.29, 1.82) is 0 Å². The van der Waals surface area contributed by atoms with E-state index in [1.807, 2.05) is 34.6 Å². The van der Waals surface area contributed by atoms with E-state index in [0.717, 1.165) is 5.56 Å². The highest BCUT2D eigenvalue weighted by molar-refractivity contribution is 5.89. The standard InChI is InChI=1S/C18H28N2O2/c1-11-8-12(2)15(13(3)9-11)10-19-16(21)14(4)20-17(22)18(5,6)7/h8-9,14H,10H2,1-7H3,(H,19,21)(H,20,22). The lowest BCUT2D eigenvalue weighted by Crippen LogP contribution is -2.48. The molecule has 0 spiro atoms. The summed E-state index contributed by atoms with van der Waals surface area (Å²) in [5.41, 5.74) is 4.19. The largest absolute Gasteiger partial charge is 0.350 e. The first-order chi connectivity index (χ1) is 10.0. The van der Waals surface area contributed by atoms with Crippen LogP contribution in [0.5, 0.6) is 0 Å². The van der Waals surface area contributed by atoms with E-state index in [-0.39, 0.29) is 11.8 Å². The van der Waals surface area contributed by atoms with Gasteiger partial charge in [0.2, 0.25) is 11.8 Å². The van der Waals surface area contributed by atoms with Gasteiger partial charge in [-0.3, -0.25) is 9.59 Å². The van der Waals surface area contributed by atoms with Crippen molar-refractivity contribution in [2.24, 2.45) is 5.41 Å². The van der Waals surface area contributed by atoms with Crippen molar-refractivity contribution in [3.05, 3.63) is 34.4 Å². The van der Waals surface area contributed by atoms with Gasteiger partial charge in [-0.2, -0.15) is 0 Å². The minimum absolute atomic E-state index is 0.127. The summed E-state index contributed by atoms with van der Waals surface area (Å²) >= 11 is 0. The first kappa shape index (κ1) is 18.2. The zero-order valence-corrected chi connectivity index (χ0v) is 14.8. The van der Waals surface area contributed by atoms with Crippen LogP contribution in [0.3, 0.4) is 0 Å². The third-order valence-electron chi connectivity index (χ3n) is 3.70. The molecule has 122 valence electrons. The summed E-state index contributed by atoms with van der Waals surface area (Å²) in [5.74, 6) is -0.296. The lowest BCUT2D eigenvalue weighted by molar-refractivity contribution is -0.133. The van der Waals surface area contributed by atoms with Gasteiger partial charge in [-0.1, -0.05) is 38.5 Å². The van der Waals surface area contributed by atoms with E-state index in [9.17, 15) is 9.59 Å². The monoisotopic (exact) mass is 304 g/mol. The first-order valence-corrected chi connectivity index (χ1v) is 7.67. The van der Waals surface area contributed by atoms with Crippen LogP contribution in [0.1, 0.15) is 49.9 Å². The fourth-order valence-corrected chi connectivity index (χ4v) is 2.30. The number of hydrogen-bond donors (Lipinski definition) is 2. The number of nitrogens with one attached hydrogen (secondary N) is 2. The van der Waals surface area contributed by atoms with Gasteiger partial charge in [0, 0.05) is 12.0 Å². The number of benzene rings is 1. The molecule has 1 unspecified atom stereocenters. The van der Waals surface area contributed by atoms with Gasteiger partial charge < -0.3 is 10.6 Å². The Balaban J connectivity index is 2.65. The highest BCUT2D eigenvalue weighted by Crippen LogP contribution is 2.16. The van der Waals surface area contributed by atoms with Gasteiger partial charge in [0.1, 0.15) is 6.04 Å². The molecule has 2 amide bonds. The summed E-state index contributed by atoms with van der Waals surface area (Å²) in [7, 11) is 0. The fraction of sp³-hybridized carbons (Fsp3) is 0.556. The van der Waals surface area contributed by atoms with E-state index in [4.69, 9.17) is 0 Å². The van der Waals surface area contributed by atoms with Crippen LogP contribution < -0.4 is 10.6 Å². The Morgan fingerprint density at radius 2 is 1.59 bits per heavy atom. The summed E-state index contributed by atoms with van der Waals surface area (Å²) in [5, 5.41) is 5.65. The van der Waals surface area contributed by atoms with Crippen LogP contribution in [0, 0.1) is 26.2 Å². The van der Waals surface area contributed by atoms with Crippen LogP contribution >= 0.6 is 0 Å². The van der Waals surface area contributed by atoms with Crippen molar-refractivity contribution in [3.8, 4) is 0 Å². The number of carbonyl (C=O) groups is 2. The fourth-order valence-electron chi connectivity index (χ4n) is 2.30. The summed E-state index contributed by atoms with van der Waals surface area (Å²) in [6.07, 6.45) is 0. The topological polar surface area (TPSA) is 58.2 Å². The molecule has 1 aromatic rings. The molecule has 2 N–H and O–H groups in total. The van der Waals surface area contributed by atoms with E-state index >= 15 is 0 Å². The quantitative estimate of drug-likeness (QED) is 0.898. The van der Waals surface area contributed by atoms with Gasteiger partial charge in [-0.05, 0) is 44.4 Å². The smallest absolute Gasteiger partial charge is 0.242 e. The van der Waals surface area contributed by atoms with E-state index < -0.39 is 11.5 Å². The van der Waals surface area contributed by atoms with Gasteiger partial charge in [0.05, 0.1) is 0 Å². The third kappa shape index (κ3) is 4.86. The average Bonchev–Trinajstić information content (AvgIpc) is 2.35. The number of amides is 2. The lowest BCUT2D eigenvalue weighted by Gasteiger charge is -2.21. The van der Waals surface area contributed by atoms with Crippen molar-refractivity contribution >= 4 is 11.8 Å². The maximum Gasteiger partial charge on any atom is 0.242 e. The molecule has 4 heteroatoms. The Morgan fingerprint density at radius 1 is 1.09 bits per heavy atom. The second kappa shape index (κ2) is 6.95. The summed E-state index contributed by atoms with van der Waals surface area (Å²) in [6.45, 7) is 13.8. The minimum Gasteiger partial charge on any atom is -0.350 e. The molecule has 22 heavy (non-hydrogen) atoms. The highest BCUT2D eigenvalue weighted by Gasteiger charge is 2.25. The Hall–Kier alpha value is -1.84. The Morgan fingerprint density at radius 3 is 2.05 bits per heavy atom. The van der Waals surface area contributed by atoms with E-state index in [2.05, 4.69) is 29.7 Å². The SMILES string of the molecule is Cc1cc(C)c(CNC(=O)C(C)NC(=O)C(C)(C)C)c(C)c1. The van der Waals surface area contributed by atoms with Crippen LogP contribution in [0.4, 0.5) is 0 Å². The second-order valence-corrected chi connectivity index (χ2v) is 7.04. The average molecular weight is 304 g/mol. The van der Waals surface area contributed by atoms with Gasteiger partial charge in [-0.15, -0.1) is 0 Å². The zero-order chi connectivity index (χ0) is 17.1. The van der Waals surface area contributed by atoms with Gasteiger partial charge in [0.15, 0.2) is 0 Å². The molecule has 0 saturated carbocycles. The molecule has 0 aliphatic rings. The predicted molar refractivity (Wildman–Crippen MR) is 89.6 cm³/mol. The molecule has 0 aliphatic heterocycles. The summed E-state index contributed by atoms with van der Waals surface area (Å²) in [6, 6.07) is 3.68. The minimum atomic E-state index is -0.544. The predicted octanol–water partition coefficient (Wildman–Crippen LogP) is 2.78. The molecule has 0 heterocycles. The number of aryl methyl sites for hydroxylation is 3. The van der Waals surface area contributed by atoms with Gasteiger partial charge in [0.25, 0.3) is 0 Å². The Kier molecular flexibility index (Phi) is 5.75. The zero-order valence-electron chi connectivity index (χ0n) is 14.8. The van der Waals surface area contributed by atoms with Crippen molar-refractivity contribution in [2.45, 2.75) is 61.1 Å². The molecule has 0 aromatic heterocycles. The van der Waals surface area contributed by atoms with Gasteiger partial charge >= 0.3 is 0 Å². The molecule has 4 nitrogen and oxygen atoms in total. The molecule has 0 radical (unpaired) electrons. The van der Waals surface area contributed by atoms with Gasteiger partial charge in [-0.25, -0.2) is 0 Å². The third-order valence-corrected chi connectivity index (χ3v) is 3.70. The van der Waals surface area contributed by atoms with Crippen molar-refractivity contribution in [2.75, 3.05) is 0 Å². The molecule has 1 atom stereocenters. The molecule has 0 bridgehead atoms. The van der Waals surface area contributed by atoms with Crippen LogP contribution in [-0.2, 0) is 16.1 Å². The van der Waals surface area contributed by atoms with Crippen molar-refractivity contribution in [1.82, 2.24) is 10.6 Å². The first-order valence-electron chi connectivity index (χ1n) is 7.67. The normalized spacial score (nSPS) is 12.7. The Bertz CT molecular complexity index is 548. The van der Waals surface area contributed by atoms with Crippen LogP contribution in [0.2, 0.25) is 0 Å². The number of hydrogen-bond acceptors (Lipinski definition) is 2. The van der Waals surface area contributed by atoms with Crippen molar-refractivity contribution in [3.63, 3.8) is 0 Å². The second-order valence-electron chi connectivity index (χ2n) is 7.04. The molecule has 0 fully saturated rings. The molecule has 0 aliphatic carbocycles. The molecule has 0 saturated heterocycles. The van der Waals surface area contributed by atoms with E-state index in [0.29, 0.717) is 6.54 Å². The molecule has 1 aromatic carbocycles. The summed E-state index contributed by atoms with van der Waals surface area (Å²) in [4.78, 5) is 24.1. The molecular formula is C18H28N2O2. The number of carbonyl (C=O) groups excluding carboxylic acids is 2. The van der Waals surface area contributed by atoms with Crippen LogP contribution in [0.25, 0.3) is 0 Å². The summed E-state index contributed by atoms with van der Waals surface area (Å²) < 4.78 is 0. The highest BCUT2D eigenvalue weighted by atomic mass is 16.2. The van der Waals surface area contributed by atoms with E-state index in [1.54, 1.807) is 6.92 Å². The van der Waals surface area contributed by atoms with E-state index in [1.165, 1.54) is 16.7 Å². The lowest BCUT2D eigenvalue weighted by atomic mass is 9.95. The Labute approximate surface area is 133 Å². The van der Waals surface area contributed by atoms with Crippen LogP contribution in [0.15, 0.2) is 12.1 Å². The maximum absolute atomic E-state index is 12.1.